The molecule has 0 aromatic rings. The lowest BCUT2D eigenvalue weighted by molar-refractivity contribution is -0.167. The highest BCUT2D eigenvalue weighted by Crippen LogP contribution is 2.16. The quantitative estimate of drug-likeness (QED) is 0.0351. The lowest BCUT2D eigenvalue weighted by Gasteiger charge is -2.18. The van der Waals surface area contributed by atoms with Crippen LogP contribution in [0.4, 0.5) is 0 Å². The number of carbonyl (C=O) groups is 3. The van der Waals surface area contributed by atoms with Crippen LogP contribution >= 0.6 is 0 Å². The molecule has 0 amide bonds. The van der Waals surface area contributed by atoms with Gasteiger partial charge >= 0.3 is 17.9 Å². The van der Waals surface area contributed by atoms with Crippen molar-refractivity contribution in [2.45, 2.75) is 271 Å². The zero-order valence-electron chi connectivity index (χ0n) is 35.8. The topological polar surface area (TPSA) is 78.9 Å². The molecule has 0 spiro atoms. The number of carbonyl (C=O) groups excluding carboxylic acids is 3. The molecule has 1 unspecified atom stereocenters. The largest absolute Gasteiger partial charge is 0.462 e. The van der Waals surface area contributed by atoms with E-state index >= 15 is 0 Å². The van der Waals surface area contributed by atoms with Gasteiger partial charge in [-0.1, -0.05) is 226 Å². The Labute approximate surface area is 329 Å². The van der Waals surface area contributed by atoms with Crippen molar-refractivity contribution in [2.24, 2.45) is 0 Å². The summed E-state index contributed by atoms with van der Waals surface area (Å²) in [4.78, 5) is 37.6. The Morgan fingerprint density at radius 2 is 0.509 bits per heavy atom. The molecular weight excluding hydrogens is 661 g/mol. The maximum atomic E-state index is 12.6. The van der Waals surface area contributed by atoms with E-state index in [1.165, 1.54) is 167 Å². The first kappa shape index (κ1) is 51.4. The van der Waals surface area contributed by atoms with Crippen LogP contribution in [0.1, 0.15) is 265 Å². The second-order valence-electron chi connectivity index (χ2n) is 16.0. The molecule has 0 bridgehead atoms. The number of esters is 3. The second-order valence-corrected chi connectivity index (χ2v) is 16.0. The van der Waals surface area contributed by atoms with E-state index in [1.807, 2.05) is 0 Å². The van der Waals surface area contributed by atoms with Gasteiger partial charge in [-0.05, 0) is 19.3 Å². The molecule has 0 aromatic heterocycles. The zero-order chi connectivity index (χ0) is 38.7. The number of hydrogen-bond donors (Lipinski definition) is 0. The lowest BCUT2D eigenvalue weighted by atomic mass is 10.0. The molecule has 0 radical (unpaired) electrons. The molecule has 0 aliphatic carbocycles. The molecule has 0 saturated heterocycles. The molecule has 1 atom stereocenters. The third-order valence-electron chi connectivity index (χ3n) is 10.6. The Hall–Kier alpha value is -1.59. The van der Waals surface area contributed by atoms with Crippen LogP contribution in [0.25, 0.3) is 0 Å². The van der Waals surface area contributed by atoms with Gasteiger partial charge in [-0.2, -0.15) is 0 Å². The van der Waals surface area contributed by atoms with Crippen LogP contribution in [-0.4, -0.2) is 37.2 Å². The van der Waals surface area contributed by atoms with E-state index in [4.69, 9.17) is 14.2 Å². The molecule has 6 heteroatoms. The first-order valence-electron chi connectivity index (χ1n) is 23.5. The monoisotopic (exact) mass is 751 g/mol. The minimum atomic E-state index is -0.757. The van der Waals surface area contributed by atoms with E-state index in [0.29, 0.717) is 19.3 Å². The molecule has 0 rings (SSSR count). The Bertz CT molecular complexity index is 783. The summed E-state index contributed by atoms with van der Waals surface area (Å²) in [5.74, 6) is -0.858. The summed E-state index contributed by atoms with van der Waals surface area (Å²) in [6, 6.07) is 0. The minimum Gasteiger partial charge on any atom is -0.462 e. The fraction of sp³-hybridized carbons (Fsp3) is 0.936. The average Bonchev–Trinajstić information content (AvgIpc) is 3.15. The Morgan fingerprint density at radius 1 is 0.302 bits per heavy atom. The van der Waals surface area contributed by atoms with E-state index in [0.717, 1.165) is 57.8 Å². The molecule has 0 aliphatic heterocycles. The fourth-order valence-electron chi connectivity index (χ4n) is 7.03. The third-order valence-corrected chi connectivity index (χ3v) is 10.6. The summed E-state index contributed by atoms with van der Waals surface area (Å²) < 4.78 is 16.7. The van der Waals surface area contributed by atoms with E-state index in [-0.39, 0.29) is 31.1 Å². The summed E-state index contributed by atoms with van der Waals surface area (Å²) in [6.45, 7) is 6.61. The van der Waals surface area contributed by atoms with Crippen molar-refractivity contribution in [3.05, 3.63) is 0 Å². The maximum absolute atomic E-state index is 12.6. The van der Waals surface area contributed by atoms with E-state index in [2.05, 4.69) is 20.8 Å². The van der Waals surface area contributed by atoms with Gasteiger partial charge in [0.1, 0.15) is 13.2 Å². The predicted molar refractivity (Wildman–Crippen MR) is 224 cm³/mol. The van der Waals surface area contributed by atoms with Crippen molar-refractivity contribution >= 4 is 17.9 Å². The number of rotatable bonds is 43. The van der Waals surface area contributed by atoms with Crippen LogP contribution in [0, 0.1) is 0 Å². The van der Waals surface area contributed by atoms with Gasteiger partial charge in [-0.3, -0.25) is 14.4 Å². The van der Waals surface area contributed by atoms with Crippen molar-refractivity contribution in [3.63, 3.8) is 0 Å². The van der Waals surface area contributed by atoms with Gasteiger partial charge in [0.15, 0.2) is 6.10 Å². The van der Waals surface area contributed by atoms with Gasteiger partial charge in [0.25, 0.3) is 0 Å². The van der Waals surface area contributed by atoms with E-state index < -0.39 is 6.10 Å². The second kappa shape index (κ2) is 43.1. The fourth-order valence-corrected chi connectivity index (χ4v) is 7.03. The number of hydrogen-bond acceptors (Lipinski definition) is 6. The Kier molecular flexibility index (Phi) is 41.8. The van der Waals surface area contributed by atoms with Crippen LogP contribution in [-0.2, 0) is 28.6 Å². The summed E-state index contributed by atoms with van der Waals surface area (Å²) in [6.07, 6.45) is 43.9. The van der Waals surface area contributed by atoms with Crippen molar-refractivity contribution < 1.29 is 28.6 Å². The van der Waals surface area contributed by atoms with Gasteiger partial charge < -0.3 is 14.2 Å². The minimum absolute atomic E-state index is 0.0631. The number of ether oxygens (including phenoxy) is 3. The smallest absolute Gasteiger partial charge is 0.306 e. The number of unbranched alkanes of at least 4 members (excludes halogenated alkanes) is 32. The van der Waals surface area contributed by atoms with Crippen LogP contribution < -0.4 is 0 Å². The lowest BCUT2D eigenvalue weighted by Crippen LogP contribution is -2.30. The molecule has 53 heavy (non-hydrogen) atoms. The van der Waals surface area contributed by atoms with E-state index in [9.17, 15) is 14.4 Å². The van der Waals surface area contributed by atoms with Crippen molar-refractivity contribution in [1.29, 1.82) is 0 Å². The highest BCUT2D eigenvalue weighted by atomic mass is 16.6. The molecule has 0 saturated carbocycles. The van der Waals surface area contributed by atoms with Crippen LogP contribution in [0.2, 0.25) is 0 Å². The van der Waals surface area contributed by atoms with Gasteiger partial charge in [-0.15, -0.1) is 0 Å². The highest BCUT2D eigenvalue weighted by Gasteiger charge is 2.19. The molecule has 0 aromatic carbocycles. The van der Waals surface area contributed by atoms with Crippen molar-refractivity contribution in [2.75, 3.05) is 13.2 Å². The molecular formula is C47H90O6. The molecule has 0 aliphatic rings. The third kappa shape index (κ3) is 41.4. The summed E-state index contributed by atoms with van der Waals surface area (Å²) in [5.41, 5.74) is 0. The highest BCUT2D eigenvalue weighted by molar-refractivity contribution is 5.71. The van der Waals surface area contributed by atoms with Crippen molar-refractivity contribution in [1.82, 2.24) is 0 Å². The molecule has 6 nitrogen and oxygen atoms in total. The van der Waals surface area contributed by atoms with Gasteiger partial charge in [-0.25, -0.2) is 0 Å². The molecule has 0 heterocycles. The average molecular weight is 751 g/mol. The summed E-state index contributed by atoms with van der Waals surface area (Å²) in [5, 5.41) is 0. The molecule has 314 valence electrons. The van der Waals surface area contributed by atoms with Crippen LogP contribution in [0.15, 0.2) is 0 Å². The summed E-state index contributed by atoms with van der Waals surface area (Å²) in [7, 11) is 0. The molecule has 0 N–H and O–H groups in total. The van der Waals surface area contributed by atoms with Crippen LogP contribution in [0.3, 0.4) is 0 Å². The maximum Gasteiger partial charge on any atom is 0.306 e. The SMILES string of the molecule is CCCCCCCCCCCCCCCCCCCCC(=O)OCC(COC(=O)CCCCCCCCC)OC(=O)CCCCCCCCCCCC. The van der Waals surface area contributed by atoms with Gasteiger partial charge in [0, 0.05) is 19.3 Å². The first-order chi connectivity index (χ1) is 26.0. The first-order valence-corrected chi connectivity index (χ1v) is 23.5. The summed E-state index contributed by atoms with van der Waals surface area (Å²) >= 11 is 0. The molecule has 0 fully saturated rings. The standard InChI is InChI=1S/C47H90O6/c1-4-7-10-13-16-18-20-21-22-23-24-25-26-27-29-31-34-37-40-46(49)52-43-44(42-51-45(48)39-36-33-30-15-12-9-6-3)53-47(50)41-38-35-32-28-19-17-14-11-8-5-2/h44H,4-43H2,1-3H3. The van der Waals surface area contributed by atoms with Gasteiger partial charge in [0.05, 0.1) is 0 Å². The predicted octanol–water partition coefficient (Wildman–Crippen LogP) is 14.9. The van der Waals surface area contributed by atoms with Crippen molar-refractivity contribution in [3.8, 4) is 0 Å². The Morgan fingerprint density at radius 3 is 0.755 bits per heavy atom. The van der Waals surface area contributed by atoms with Crippen LogP contribution in [0.5, 0.6) is 0 Å². The van der Waals surface area contributed by atoms with E-state index in [1.54, 1.807) is 0 Å². The van der Waals surface area contributed by atoms with Gasteiger partial charge in [0.2, 0.25) is 0 Å². The zero-order valence-corrected chi connectivity index (χ0v) is 35.8. The Balaban J connectivity index is 4.16. The normalized spacial score (nSPS) is 11.8.